The van der Waals surface area contributed by atoms with Gasteiger partial charge in [0.1, 0.15) is 5.56 Å². The van der Waals surface area contributed by atoms with Crippen molar-refractivity contribution < 1.29 is 19.2 Å². The van der Waals surface area contributed by atoms with E-state index in [0.717, 1.165) is 0 Å². The van der Waals surface area contributed by atoms with E-state index in [9.17, 15) is 14.4 Å². The number of carbonyl (C=O) groups is 3. The van der Waals surface area contributed by atoms with Crippen LogP contribution in [0.25, 0.3) is 0 Å². The first kappa shape index (κ1) is 15.4. The molecule has 2 aromatic rings. The number of hydrogen-bond acceptors (Lipinski definition) is 6. The van der Waals surface area contributed by atoms with E-state index in [1.54, 1.807) is 19.1 Å². The van der Waals surface area contributed by atoms with Crippen LogP contribution >= 0.6 is 0 Å². The Morgan fingerprint density at radius 2 is 1.88 bits per heavy atom. The van der Waals surface area contributed by atoms with E-state index in [4.69, 9.17) is 10.1 Å². The van der Waals surface area contributed by atoms with E-state index in [1.807, 2.05) is 6.07 Å². The summed E-state index contributed by atoms with van der Waals surface area (Å²) in [6.45, 7) is 1.98. The standard InChI is InChI=1S/C16H12N4O4/c1-10-13(9-18-19(10)8-4-7-17)16(23)24-20-14(21)11-5-2-3-6-12(11)15(20)22/h2-3,5-6,9H,4,8H2,1H3. The summed E-state index contributed by atoms with van der Waals surface area (Å²) in [6.07, 6.45) is 1.53. The number of imide groups is 1. The molecule has 2 amide bonds. The van der Waals surface area contributed by atoms with Crippen molar-refractivity contribution in [3.8, 4) is 6.07 Å². The van der Waals surface area contributed by atoms with Gasteiger partial charge in [-0.2, -0.15) is 10.4 Å². The summed E-state index contributed by atoms with van der Waals surface area (Å²) in [7, 11) is 0. The van der Waals surface area contributed by atoms with Crippen LogP contribution in [0.15, 0.2) is 30.5 Å². The molecule has 8 nitrogen and oxygen atoms in total. The van der Waals surface area contributed by atoms with Crippen molar-refractivity contribution in [2.45, 2.75) is 19.9 Å². The SMILES string of the molecule is Cc1c(C(=O)ON2C(=O)c3ccccc3C2=O)cnn1CCC#N. The lowest BCUT2D eigenvalue weighted by Gasteiger charge is -2.12. The summed E-state index contributed by atoms with van der Waals surface area (Å²) in [4.78, 5) is 41.6. The molecule has 120 valence electrons. The zero-order valence-corrected chi connectivity index (χ0v) is 12.7. The second-order valence-electron chi connectivity index (χ2n) is 5.10. The molecule has 0 fully saturated rings. The van der Waals surface area contributed by atoms with Crippen LogP contribution in [0.4, 0.5) is 0 Å². The number of hydroxylamine groups is 2. The highest BCUT2D eigenvalue weighted by atomic mass is 16.7. The lowest BCUT2D eigenvalue weighted by molar-refractivity contribution is -0.0585. The Kier molecular flexibility index (Phi) is 3.83. The molecule has 0 bridgehead atoms. The molecule has 0 unspecified atom stereocenters. The van der Waals surface area contributed by atoms with E-state index >= 15 is 0 Å². The lowest BCUT2D eigenvalue weighted by atomic mass is 10.1. The van der Waals surface area contributed by atoms with Crippen molar-refractivity contribution in [1.29, 1.82) is 5.26 Å². The monoisotopic (exact) mass is 324 g/mol. The number of carbonyl (C=O) groups excluding carboxylic acids is 3. The van der Waals surface area contributed by atoms with Gasteiger partial charge in [-0.05, 0) is 19.1 Å². The first-order valence-corrected chi connectivity index (χ1v) is 7.14. The summed E-state index contributed by atoms with van der Waals surface area (Å²) in [5.74, 6) is -2.22. The topological polar surface area (TPSA) is 105 Å². The van der Waals surface area contributed by atoms with Gasteiger partial charge in [0.25, 0.3) is 11.8 Å². The first-order chi connectivity index (χ1) is 11.5. The van der Waals surface area contributed by atoms with Crippen LogP contribution in [0.2, 0.25) is 0 Å². The zero-order valence-electron chi connectivity index (χ0n) is 12.7. The molecule has 0 saturated heterocycles. The van der Waals surface area contributed by atoms with E-state index < -0.39 is 17.8 Å². The maximum absolute atomic E-state index is 12.3. The highest BCUT2D eigenvalue weighted by Crippen LogP contribution is 2.23. The second kappa shape index (κ2) is 5.96. The predicted octanol–water partition coefficient (Wildman–Crippen LogP) is 1.47. The molecule has 1 aromatic carbocycles. The molecule has 2 heterocycles. The molecule has 0 spiro atoms. The minimum absolute atomic E-state index is 0.129. The zero-order chi connectivity index (χ0) is 17.3. The molecule has 8 heteroatoms. The molecule has 0 radical (unpaired) electrons. The van der Waals surface area contributed by atoms with Gasteiger partial charge in [0.05, 0.1) is 36.4 Å². The fourth-order valence-electron chi connectivity index (χ4n) is 2.41. The fraction of sp³-hybridized carbons (Fsp3) is 0.188. The number of aromatic nitrogens is 2. The molecule has 24 heavy (non-hydrogen) atoms. The molecular weight excluding hydrogens is 312 g/mol. The number of fused-ring (bicyclic) bond motifs is 1. The molecule has 1 aliphatic rings. The van der Waals surface area contributed by atoms with E-state index in [2.05, 4.69) is 5.10 Å². The van der Waals surface area contributed by atoms with Crippen molar-refractivity contribution in [1.82, 2.24) is 14.8 Å². The Bertz CT molecular complexity index is 859. The Morgan fingerprint density at radius 3 is 2.46 bits per heavy atom. The maximum Gasteiger partial charge on any atom is 0.367 e. The average Bonchev–Trinajstić information content (AvgIpc) is 3.07. The third-order valence-electron chi connectivity index (χ3n) is 3.69. The molecule has 3 rings (SSSR count). The number of hydrogen-bond donors (Lipinski definition) is 0. The van der Waals surface area contributed by atoms with Crippen LogP contribution in [0.5, 0.6) is 0 Å². The molecule has 0 atom stereocenters. The normalized spacial score (nSPS) is 12.9. The van der Waals surface area contributed by atoms with Crippen LogP contribution in [-0.2, 0) is 11.4 Å². The van der Waals surface area contributed by atoms with Gasteiger partial charge in [-0.1, -0.05) is 17.2 Å². The summed E-state index contributed by atoms with van der Waals surface area (Å²) >= 11 is 0. The van der Waals surface area contributed by atoms with Crippen LogP contribution in [0.1, 0.15) is 43.2 Å². The van der Waals surface area contributed by atoms with Gasteiger partial charge >= 0.3 is 5.97 Å². The summed E-state index contributed by atoms with van der Waals surface area (Å²) in [5, 5.41) is 13.1. The number of rotatable bonds is 4. The number of amides is 2. The smallest absolute Gasteiger partial charge is 0.324 e. The van der Waals surface area contributed by atoms with Crippen LogP contribution in [0.3, 0.4) is 0 Å². The van der Waals surface area contributed by atoms with Gasteiger partial charge in [-0.15, -0.1) is 0 Å². The van der Waals surface area contributed by atoms with Crippen molar-refractivity contribution >= 4 is 17.8 Å². The van der Waals surface area contributed by atoms with Gasteiger partial charge in [0, 0.05) is 5.69 Å². The van der Waals surface area contributed by atoms with Gasteiger partial charge in [0.2, 0.25) is 0 Å². The first-order valence-electron chi connectivity index (χ1n) is 7.14. The van der Waals surface area contributed by atoms with Gasteiger partial charge < -0.3 is 4.84 Å². The van der Waals surface area contributed by atoms with Crippen molar-refractivity contribution in [3.63, 3.8) is 0 Å². The van der Waals surface area contributed by atoms with E-state index in [1.165, 1.54) is 23.0 Å². The third kappa shape index (κ3) is 2.42. The Hall–Kier alpha value is -3.47. The number of aryl methyl sites for hydroxylation is 1. The summed E-state index contributed by atoms with van der Waals surface area (Å²) in [5.41, 5.74) is 1.00. The fourth-order valence-corrected chi connectivity index (χ4v) is 2.41. The van der Waals surface area contributed by atoms with E-state index in [-0.39, 0.29) is 23.1 Å². The Morgan fingerprint density at radius 1 is 1.25 bits per heavy atom. The van der Waals surface area contributed by atoms with E-state index in [0.29, 0.717) is 17.3 Å². The summed E-state index contributed by atoms with van der Waals surface area (Å²) < 4.78 is 1.49. The quantitative estimate of drug-likeness (QED) is 0.789. The van der Waals surface area contributed by atoms with Crippen molar-refractivity contribution in [2.24, 2.45) is 0 Å². The predicted molar refractivity (Wildman–Crippen MR) is 79.6 cm³/mol. The van der Waals surface area contributed by atoms with Gasteiger partial charge in [-0.25, -0.2) is 4.79 Å². The minimum Gasteiger partial charge on any atom is -0.324 e. The van der Waals surface area contributed by atoms with Crippen LogP contribution in [-0.4, -0.2) is 32.6 Å². The molecule has 0 saturated carbocycles. The lowest BCUT2D eigenvalue weighted by Crippen LogP contribution is -2.32. The molecule has 0 N–H and O–H groups in total. The van der Waals surface area contributed by atoms with Crippen LogP contribution in [0, 0.1) is 18.3 Å². The number of benzene rings is 1. The minimum atomic E-state index is -0.856. The third-order valence-corrected chi connectivity index (χ3v) is 3.69. The molecule has 1 aromatic heterocycles. The summed E-state index contributed by atoms with van der Waals surface area (Å²) in [6, 6.07) is 8.22. The number of nitrogens with zero attached hydrogens (tertiary/aromatic N) is 4. The van der Waals surface area contributed by atoms with Gasteiger partial charge in [-0.3, -0.25) is 14.3 Å². The number of nitriles is 1. The Balaban J connectivity index is 1.79. The Labute approximate surface area is 136 Å². The highest BCUT2D eigenvalue weighted by Gasteiger charge is 2.39. The van der Waals surface area contributed by atoms with Crippen molar-refractivity contribution in [2.75, 3.05) is 0 Å². The van der Waals surface area contributed by atoms with Crippen molar-refractivity contribution in [3.05, 3.63) is 52.8 Å². The largest absolute Gasteiger partial charge is 0.367 e. The second-order valence-corrected chi connectivity index (χ2v) is 5.10. The molecule has 1 aliphatic heterocycles. The molecular formula is C16H12N4O4. The molecule has 0 aliphatic carbocycles. The van der Waals surface area contributed by atoms with Crippen LogP contribution < -0.4 is 0 Å². The maximum atomic E-state index is 12.3. The highest BCUT2D eigenvalue weighted by molar-refractivity contribution is 6.21. The van der Waals surface area contributed by atoms with Gasteiger partial charge in [0.15, 0.2) is 0 Å². The average molecular weight is 324 g/mol.